The normalized spacial score (nSPS) is 14.1. The molecule has 174 valence electrons. The number of nitrogens with zero attached hydrogens (tertiary/aromatic N) is 4. The van der Waals surface area contributed by atoms with Crippen LogP contribution in [0.5, 0.6) is 0 Å². The van der Waals surface area contributed by atoms with E-state index in [1.165, 1.54) is 0 Å². The molecule has 3 aromatic carbocycles. The lowest BCUT2D eigenvalue weighted by molar-refractivity contribution is -0.645. The van der Waals surface area contributed by atoms with E-state index < -0.39 is 17.8 Å². The predicted molar refractivity (Wildman–Crippen MR) is 123 cm³/mol. The Hall–Kier alpha value is -4.79. The Morgan fingerprint density at radius 2 is 1.46 bits per heavy atom. The molecule has 2 amide bonds. The minimum atomic E-state index is -0.784. The van der Waals surface area contributed by atoms with Gasteiger partial charge in [0.2, 0.25) is 5.52 Å². The number of rotatable bonds is 5. The van der Waals surface area contributed by atoms with Crippen molar-refractivity contribution in [2.24, 2.45) is 12.1 Å². The molecule has 4 aromatic rings. The second-order valence-electron chi connectivity index (χ2n) is 8.08. The van der Waals surface area contributed by atoms with Gasteiger partial charge < -0.3 is 9.94 Å². The summed E-state index contributed by atoms with van der Waals surface area (Å²) in [5.74, 6) is -2.21. The minimum Gasteiger partial charge on any atom is -0.856 e. The molecule has 0 unspecified atom stereocenters. The summed E-state index contributed by atoms with van der Waals surface area (Å²) in [7, 11) is 1.89. The maximum Gasteiger partial charge on any atom is 0.363 e. The van der Waals surface area contributed by atoms with Crippen LogP contribution in [0.25, 0.3) is 22.2 Å². The van der Waals surface area contributed by atoms with E-state index in [4.69, 9.17) is 4.84 Å². The van der Waals surface area contributed by atoms with Crippen molar-refractivity contribution in [2.75, 3.05) is 0 Å². The summed E-state index contributed by atoms with van der Waals surface area (Å²) in [6.45, 7) is 0. The number of benzene rings is 3. The van der Waals surface area contributed by atoms with E-state index in [9.17, 15) is 19.5 Å². The highest BCUT2D eigenvalue weighted by atomic mass is 16.7. The van der Waals surface area contributed by atoms with E-state index in [2.05, 4.69) is 5.10 Å². The first-order valence-electron chi connectivity index (χ1n) is 10.9. The van der Waals surface area contributed by atoms with Gasteiger partial charge in [-0.1, -0.05) is 53.6 Å². The Morgan fingerprint density at radius 3 is 2.09 bits per heavy atom. The molecule has 0 spiro atoms. The Kier molecular flexibility index (Phi) is 5.58. The van der Waals surface area contributed by atoms with E-state index in [0.29, 0.717) is 10.6 Å². The van der Waals surface area contributed by atoms with E-state index in [-0.39, 0.29) is 24.3 Å². The Balaban J connectivity index is 1.31. The van der Waals surface area contributed by atoms with Gasteiger partial charge in [-0.05, 0) is 41.0 Å². The Labute approximate surface area is 200 Å². The summed E-state index contributed by atoms with van der Waals surface area (Å²) in [5, 5.41) is 17.5. The number of carbonyl (C=O) groups is 3. The first-order chi connectivity index (χ1) is 16.9. The molecule has 0 radical (unpaired) electrons. The summed E-state index contributed by atoms with van der Waals surface area (Å²) < 4.78 is 3.46. The number of amides is 2. The number of hydrogen-bond acceptors (Lipinski definition) is 6. The molecule has 5 rings (SSSR count). The predicted octanol–water partition coefficient (Wildman–Crippen LogP) is 1.92. The van der Waals surface area contributed by atoms with Gasteiger partial charge in [0.05, 0.1) is 12.6 Å². The number of aryl methyl sites for hydroxylation is 1. The van der Waals surface area contributed by atoms with Crippen LogP contribution in [0.15, 0.2) is 84.2 Å². The highest BCUT2D eigenvalue weighted by Crippen LogP contribution is 2.22. The highest BCUT2D eigenvalue weighted by molar-refractivity contribution is 6.02. The van der Waals surface area contributed by atoms with Crippen molar-refractivity contribution in [3.05, 3.63) is 90.3 Å². The Morgan fingerprint density at radius 1 is 0.886 bits per heavy atom. The fraction of sp³-hybridized carbons (Fsp3) is 0.115. The molecule has 0 aliphatic carbocycles. The standard InChI is InChI=1S/C26H20N4O5/c1-28-16-29(22-5-3-2-4-21(22)28)27-25(33)19-10-6-17(7-11-19)18-8-12-20(13-9-18)26(34)35-30-23(31)14-15-24(30)32/h2-13,16H,14-15H2,1H3. The summed E-state index contributed by atoms with van der Waals surface area (Å²) in [6, 6.07) is 21.2. The first kappa shape index (κ1) is 22.0. The molecular weight excluding hydrogens is 448 g/mol. The van der Waals surface area contributed by atoms with Crippen LogP contribution < -0.4 is 9.67 Å². The van der Waals surface area contributed by atoms with Gasteiger partial charge in [-0.3, -0.25) is 9.59 Å². The summed E-state index contributed by atoms with van der Waals surface area (Å²) in [5.41, 5.74) is 4.09. The minimum absolute atomic E-state index is 0.0391. The third kappa shape index (κ3) is 4.26. The molecule has 0 saturated carbocycles. The van der Waals surface area contributed by atoms with Crippen LogP contribution in [-0.4, -0.2) is 33.4 Å². The van der Waals surface area contributed by atoms with Crippen LogP contribution in [0.2, 0.25) is 0 Å². The van der Waals surface area contributed by atoms with Gasteiger partial charge in [0, 0.05) is 18.7 Å². The molecule has 0 atom stereocenters. The van der Waals surface area contributed by atoms with E-state index in [1.54, 1.807) is 59.5 Å². The summed E-state index contributed by atoms with van der Waals surface area (Å²) in [4.78, 5) is 40.4. The smallest absolute Gasteiger partial charge is 0.363 e. The number of hydroxylamine groups is 2. The van der Waals surface area contributed by atoms with Gasteiger partial charge in [0.15, 0.2) is 5.52 Å². The van der Waals surface area contributed by atoms with Crippen LogP contribution in [0, 0.1) is 0 Å². The number of carbonyl (C=O) groups excluding carboxylic acids is 3. The lowest BCUT2D eigenvalue weighted by atomic mass is 10.0. The second-order valence-corrected chi connectivity index (χ2v) is 8.08. The lowest BCUT2D eigenvalue weighted by Gasteiger charge is -2.13. The van der Waals surface area contributed by atoms with Gasteiger partial charge in [0.25, 0.3) is 18.1 Å². The Bertz CT molecular complexity index is 1470. The molecule has 0 N–H and O–H groups in total. The number of imide groups is 1. The quantitative estimate of drug-likeness (QED) is 0.193. The van der Waals surface area contributed by atoms with Crippen molar-refractivity contribution in [3.8, 4) is 11.1 Å². The molecule has 1 fully saturated rings. The van der Waals surface area contributed by atoms with Gasteiger partial charge >= 0.3 is 5.97 Å². The average Bonchev–Trinajstić information content (AvgIpc) is 3.37. The topological polar surface area (TPSA) is 108 Å². The van der Waals surface area contributed by atoms with Crippen LogP contribution in [0.1, 0.15) is 28.8 Å². The number of para-hydroxylation sites is 2. The van der Waals surface area contributed by atoms with Crippen LogP contribution >= 0.6 is 0 Å². The lowest BCUT2D eigenvalue weighted by Crippen LogP contribution is -2.32. The molecule has 1 saturated heterocycles. The summed E-state index contributed by atoms with van der Waals surface area (Å²) in [6.07, 6.45) is 1.83. The number of hydrogen-bond donors (Lipinski definition) is 0. The maximum atomic E-state index is 12.7. The molecule has 1 aromatic heterocycles. The zero-order chi connectivity index (χ0) is 24.5. The second kappa shape index (κ2) is 8.86. The fourth-order valence-electron chi connectivity index (χ4n) is 3.88. The average molecular weight is 468 g/mol. The largest absolute Gasteiger partial charge is 0.856 e. The zero-order valence-corrected chi connectivity index (χ0v) is 18.7. The highest BCUT2D eigenvalue weighted by Gasteiger charge is 2.33. The van der Waals surface area contributed by atoms with Gasteiger partial charge in [-0.2, -0.15) is 0 Å². The fourth-order valence-corrected chi connectivity index (χ4v) is 3.88. The summed E-state index contributed by atoms with van der Waals surface area (Å²) >= 11 is 0. The van der Waals surface area contributed by atoms with E-state index >= 15 is 0 Å². The molecule has 1 aliphatic rings. The van der Waals surface area contributed by atoms with E-state index in [0.717, 1.165) is 22.2 Å². The first-order valence-corrected chi connectivity index (χ1v) is 10.9. The van der Waals surface area contributed by atoms with Gasteiger partial charge in [-0.15, -0.1) is 9.74 Å². The molecule has 1 aliphatic heterocycles. The molecule has 35 heavy (non-hydrogen) atoms. The third-order valence-electron chi connectivity index (χ3n) is 5.76. The van der Waals surface area contributed by atoms with Crippen molar-refractivity contribution >= 4 is 34.7 Å². The molecule has 2 heterocycles. The maximum absolute atomic E-state index is 12.7. The van der Waals surface area contributed by atoms with Crippen molar-refractivity contribution in [2.45, 2.75) is 12.8 Å². The van der Waals surface area contributed by atoms with Crippen LogP contribution in [0.3, 0.4) is 0 Å². The molecular formula is C26H20N4O5. The van der Waals surface area contributed by atoms with Crippen molar-refractivity contribution in [3.63, 3.8) is 0 Å². The molecule has 0 bridgehead atoms. The SMILES string of the molecule is C[n+]1cn(/N=C(\[O-])c2ccc(-c3ccc(C(=O)ON4C(=O)CCC4=O)cc3)cc2)c2ccccc21. The van der Waals surface area contributed by atoms with Crippen molar-refractivity contribution < 1.29 is 28.9 Å². The number of fused-ring (bicyclic) bond motifs is 1. The van der Waals surface area contributed by atoms with Crippen LogP contribution in [0.4, 0.5) is 0 Å². The van der Waals surface area contributed by atoms with Crippen molar-refractivity contribution in [1.82, 2.24) is 9.74 Å². The monoisotopic (exact) mass is 468 g/mol. The zero-order valence-electron chi connectivity index (χ0n) is 18.7. The third-order valence-corrected chi connectivity index (χ3v) is 5.76. The van der Waals surface area contributed by atoms with Crippen molar-refractivity contribution in [1.29, 1.82) is 0 Å². The molecule has 9 heteroatoms. The van der Waals surface area contributed by atoms with Crippen LogP contribution in [-0.2, 0) is 21.5 Å². The number of imidazole rings is 1. The van der Waals surface area contributed by atoms with E-state index in [1.807, 2.05) is 35.9 Å². The molecule has 9 nitrogen and oxygen atoms in total. The van der Waals surface area contributed by atoms with Gasteiger partial charge in [0.1, 0.15) is 0 Å². The number of aromatic nitrogens is 2. The van der Waals surface area contributed by atoms with Gasteiger partial charge in [-0.25, -0.2) is 9.36 Å².